The molecule has 0 bridgehead atoms. The van der Waals surface area contributed by atoms with E-state index < -0.39 is 5.97 Å². The highest BCUT2D eigenvalue weighted by molar-refractivity contribution is 5.85. The molecule has 0 saturated heterocycles. The van der Waals surface area contributed by atoms with E-state index in [0.29, 0.717) is 5.82 Å². The molecule has 0 spiro atoms. The van der Waals surface area contributed by atoms with Crippen molar-refractivity contribution in [1.82, 2.24) is 9.72 Å². The third kappa shape index (κ3) is 2.20. The van der Waals surface area contributed by atoms with Crippen LogP contribution in [-0.4, -0.2) is 20.8 Å². The summed E-state index contributed by atoms with van der Waals surface area (Å²) >= 11 is 0. The normalized spacial score (nSPS) is 11.3. The van der Waals surface area contributed by atoms with E-state index in [4.69, 9.17) is 9.63 Å². The number of aryl methyl sites for hydroxylation is 2. The van der Waals surface area contributed by atoms with Gasteiger partial charge in [0.2, 0.25) is 0 Å². The van der Waals surface area contributed by atoms with Gasteiger partial charge in [-0.3, -0.25) is 4.57 Å². The number of rotatable bonds is 3. The first-order valence-electron chi connectivity index (χ1n) is 5.52. The first-order valence-corrected chi connectivity index (χ1v) is 5.52. The summed E-state index contributed by atoms with van der Waals surface area (Å²) in [6.45, 7) is 5.68. The molecule has 2 heterocycles. The van der Waals surface area contributed by atoms with Crippen molar-refractivity contribution in [2.45, 2.75) is 20.8 Å². The van der Waals surface area contributed by atoms with E-state index in [2.05, 4.69) is 5.16 Å². The largest absolute Gasteiger partial charge is 0.478 e. The average Bonchev–Trinajstić information content (AvgIpc) is 2.81. The van der Waals surface area contributed by atoms with Gasteiger partial charge in [0, 0.05) is 23.5 Å². The van der Waals surface area contributed by atoms with Gasteiger partial charge >= 0.3 is 5.97 Å². The smallest absolute Gasteiger partial charge is 0.328 e. The van der Waals surface area contributed by atoms with Crippen LogP contribution in [-0.2, 0) is 4.79 Å². The maximum Gasteiger partial charge on any atom is 0.328 e. The Balaban J connectivity index is 2.47. The molecule has 0 unspecified atom stereocenters. The van der Waals surface area contributed by atoms with Crippen molar-refractivity contribution in [1.29, 1.82) is 0 Å². The minimum absolute atomic E-state index is 0.706. The van der Waals surface area contributed by atoms with E-state index in [1.165, 1.54) is 0 Å². The molecule has 0 aliphatic rings. The third-order valence-corrected chi connectivity index (χ3v) is 2.72. The molecule has 5 nitrogen and oxygen atoms in total. The molecule has 0 saturated carbocycles. The molecule has 0 aliphatic carbocycles. The van der Waals surface area contributed by atoms with Crippen LogP contribution in [0.2, 0.25) is 0 Å². The third-order valence-electron chi connectivity index (χ3n) is 2.72. The highest BCUT2D eigenvalue weighted by Crippen LogP contribution is 2.21. The summed E-state index contributed by atoms with van der Waals surface area (Å²) in [7, 11) is 0. The molecule has 2 rings (SSSR count). The second-order valence-electron chi connectivity index (χ2n) is 4.13. The van der Waals surface area contributed by atoms with Gasteiger partial charge in [-0.05, 0) is 38.5 Å². The zero-order valence-corrected chi connectivity index (χ0v) is 10.5. The molecular formula is C13H14N2O3. The molecule has 18 heavy (non-hydrogen) atoms. The SMILES string of the molecule is Cc1cc(-n2c(C)cc(C=CC(=O)O)c2C)no1. The predicted octanol–water partition coefficient (Wildman–Crippen LogP) is 2.49. The highest BCUT2D eigenvalue weighted by Gasteiger charge is 2.12. The fraction of sp³-hybridized carbons (Fsp3) is 0.231. The van der Waals surface area contributed by atoms with Crippen LogP contribution >= 0.6 is 0 Å². The monoisotopic (exact) mass is 246 g/mol. The molecule has 2 aromatic rings. The summed E-state index contributed by atoms with van der Waals surface area (Å²) in [6.07, 6.45) is 2.70. The number of hydrogen-bond donors (Lipinski definition) is 1. The summed E-state index contributed by atoms with van der Waals surface area (Å²) in [4.78, 5) is 10.5. The number of aliphatic carboxylic acids is 1. The summed E-state index contributed by atoms with van der Waals surface area (Å²) in [5, 5.41) is 12.6. The minimum atomic E-state index is -0.961. The van der Waals surface area contributed by atoms with Crippen LogP contribution < -0.4 is 0 Å². The van der Waals surface area contributed by atoms with Gasteiger partial charge in [-0.25, -0.2) is 4.79 Å². The van der Waals surface area contributed by atoms with Gasteiger partial charge < -0.3 is 9.63 Å². The second kappa shape index (κ2) is 4.52. The Hall–Kier alpha value is -2.30. The second-order valence-corrected chi connectivity index (χ2v) is 4.13. The zero-order valence-electron chi connectivity index (χ0n) is 10.5. The Kier molecular flexibility index (Phi) is 3.06. The number of carboxylic acid groups (broad SMARTS) is 1. The van der Waals surface area contributed by atoms with Crippen LogP contribution in [0.5, 0.6) is 0 Å². The Labute approximate surface area is 104 Å². The lowest BCUT2D eigenvalue weighted by molar-refractivity contribution is -0.131. The number of nitrogens with zero attached hydrogens (tertiary/aromatic N) is 2. The van der Waals surface area contributed by atoms with Crippen molar-refractivity contribution in [3.8, 4) is 5.82 Å². The first-order chi connectivity index (χ1) is 8.49. The quantitative estimate of drug-likeness (QED) is 0.845. The molecule has 94 valence electrons. The molecule has 5 heteroatoms. The van der Waals surface area contributed by atoms with Crippen LogP contribution in [0.25, 0.3) is 11.9 Å². The maximum absolute atomic E-state index is 10.5. The fourth-order valence-electron chi connectivity index (χ4n) is 1.93. The molecular weight excluding hydrogens is 232 g/mol. The molecule has 0 atom stereocenters. The van der Waals surface area contributed by atoms with Gasteiger partial charge in [-0.15, -0.1) is 0 Å². The van der Waals surface area contributed by atoms with Crippen LogP contribution in [0, 0.1) is 20.8 Å². The Morgan fingerprint density at radius 1 is 1.39 bits per heavy atom. The summed E-state index contributed by atoms with van der Waals surface area (Å²) in [5.41, 5.74) is 2.76. The predicted molar refractivity (Wildman–Crippen MR) is 66.7 cm³/mol. The van der Waals surface area contributed by atoms with Crippen molar-refractivity contribution in [3.05, 3.63) is 40.9 Å². The highest BCUT2D eigenvalue weighted by atomic mass is 16.5. The van der Waals surface area contributed by atoms with Gasteiger partial charge in [0.1, 0.15) is 5.76 Å². The fourth-order valence-corrected chi connectivity index (χ4v) is 1.93. The Morgan fingerprint density at radius 3 is 2.67 bits per heavy atom. The van der Waals surface area contributed by atoms with Crippen LogP contribution in [0.15, 0.2) is 22.7 Å². The number of carboxylic acids is 1. The first kappa shape index (κ1) is 12.2. The van der Waals surface area contributed by atoms with Crippen molar-refractivity contribution < 1.29 is 14.4 Å². The van der Waals surface area contributed by atoms with E-state index in [-0.39, 0.29) is 0 Å². The van der Waals surface area contributed by atoms with Crippen molar-refractivity contribution in [2.24, 2.45) is 0 Å². The summed E-state index contributed by atoms with van der Waals surface area (Å²) in [5.74, 6) is 0.481. The lowest BCUT2D eigenvalue weighted by atomic mass is 10.2. The summed E-state index contributed by atoms with van der Waals surface area (Å²) < 4.78 is 6.98. The molecule has 0 aliphatic heterocycles. The van der Waals surface area contributed by atoms with Crippen LogP contribution in [0.1, 0.15) is 22.7 Å². The Bertz CT molecular complexity index is 620. The molecule has 0 radical (unpaired) electrons. The van der Waals surface area contributed by atoms with Crippen LogP contribution in [0.3, 0.4) is 0 Å². The number of carbonyl (C=O) groups is 1. The van der Waals surface area contributed by atoms with E-state index in [1.54, 1.807) is 6.08 Å². The molecule has 0 aromatic carbocycles. The Morgan fingerprint density at radius 2 is 2.11 bits per heavy atom. The summed E-state index contributed by atoms with van der Waals surface area (Å²) in [6, 6.07) is 3.75. The topological polar surface area (TPSA) is 68.3 Å². The molecule has 0 amide bonds. The van der Waals surface area contributed by atoms with E-state index >= 15 is 0 Å². The van der Waals surface area contributed by atoms with E-state index in [9.17, 15) is 4.79 Å². The lowest BCUT2D eigenvalue weighted by Gasteiger charge is -2.03. The van der Waals surface area contributed by atoms with E-state index in [0.717, 1.165) is 28.8 Å². The van der Waals surface area contributed by atoms with Gasteiger partial charge in [0.15, 0.2) is 5.82 Å². The van der Waals surface area contributed by atoms with Gasteiger partial charge in [-0.2, -0.15) is 0 Å². The number of aromatic nitrogens is 2. The van der Waals surface area contributed by atoms with Gasteiger partial charge in [0.05, 0.1) is 0 Å². The lowest BCUT2D eigenvalue weighted by Crippen LogP contribution is -1.99. The standard InChI is InChI=1S/C13H14N2O3/c1-8-6-11(4-5-13(16)17)10(3)15(8)12-7-9(2)18-14-12/h4-7H,1-3H3,(H,16,17). The van der Waals surface area contributed by atoms with Gasteiger partial charge in [-0.1, -0.05) is 5.16 Å². The van der Waals surface area contributed by atoms with Crippen molar-refractivity contribution in [3.63, 3.8) is 0 Å². The molecule has 1 N–H and O–H groups in total. The van der Waals surface area contributed by atoms with Crippen molar-refractivity contribution in [2.75, 3.05) is 0 Å². The average molecular weight is 246 g/mol. The molecule has 2 aromatic heterocycles. The zero-order chi connectivity index (χ0) is 13.3. The van der Waals surface area contributed by atoms with Crippen LogP contribution in [0.4, 0.5) is 0 Å². The molecule has 0 fully saturated rings. The van der Waals surface area contributed by atoms with Crippen molar-refractivity contribution >= 4 is 12.0 Å². The van der Waals surface area contributed by atoms with E-state index in [1.807, 2.05) is 37.5 Å². The number of hydrogen-bond acceptors (Lipinski definition) is 3. The minimum Gasteiger partial charge on any atom is -0.478 e. The maximum atomic E-state index is 10.5. The van der Waals surface area contributed by atoms with Gasteiger partial charge in [0.25, 0.3) is 0 Å².